The summed E-state index contributed by atoms with van der Waals surface area (Å²) < 4.78 is 5.22. The number of amides is 1. The van der Waals surface area contributed by atoms with Crippen molar-refractivity contribution in [1.29, 1.82) is 0 Å². The van der Waals surface area contributed by atoms with Gasteiger partial charge in [-0.1, -0.05) is 12.8 Å². The number of imidazole rings is 1. The van der Waals surface area contributed by atoms with Crippen LogP contribution >= 0.6 is 0 Å². The molecule has 1 aromatic heterocycles. The fourth-order valence-electron chi connectivity index (χ4n) is 4.14. The monoisotopic (exact) mass is 368 g/mol. The number of likely N-dealkylation sites (tertiary alicyclic amines) is 1. The SMILES string of the molecule is COc1ccc(-c2nc3c([nH]2)CN(C(=O)[C@H]2CCCCCN2C)CC3)cc1. The molecule has 6 heteroatoms. The number of H-pyrrole nitrogens is 1. The average Bonchev–Trinajstić information content (AvgIpc) is 3.01. The number of fused-ring (bicyclic) bond motifs is 1. The zero-order valence-electron chi connectivity index (χ0n) is 16.2. The van der Waals surface area contributed by atoms with Gasteiger partial charge in [-0.3, -0.25) is 9.69 Å². The van der Waals surface area contributed by atoms with Gasteiger partial charge in [0.25, 0.3) is 0 Å². The van der Waals surface area contributed by atoms with Crippen molar-refractivity contribution in [3.63, 3.8) is 0 Å². The molecule has 2 aliphatic rings. The number of methoxy groups -OCH3 is 1. The number of likely N-dealkylation sites (N-methyl/N-ethyl adjacent to an activating group) is 1. The molecule has 0 radical (unpaired) electrons. The molecule has 0 bridgehead atoms. The van der Waals surface area contributed by atoms with Crippen LogP contribution in [0.1, 0.15) is 37.1 Å². The summed E-state index contributed by atoms with van der Waals surface area (Å²) in [6.07, 6.45) is 5.34. The van der Waals surface area contributed by atoms with Crippen LogP contribution in [-0.4, -0.2) is 59.0 Å². The summed E-state index contributed by atoms with van der Waals surface area (Å²) in [7, 11) is 3.75. The van der Waals surface area contributed by atoms with E-state index in [9.17, 15) is 4.79 Å². The van der Waals surface area contributed by atoms with Crippen molar-refractivity contribution in [3.8, 4) is 17.1 Å². The molecule has 2 aromatic rings. The smallest absolute Gasteiger partial charge is 0.240 e. The van der Waals surface area contributed by atoms with Crippen LogP contribution < -0.4 is 4.74 Å². The van der Waals surface area contributed by atoms with Crippen molar-refractivity contribution in [2.24, 2.45) is 0 Å². The van der Waals surface area contributed by atoms with Gasteiger partial charge in [0.15, 0.2) is 0 Å². The maximum atomic E-state index is 13.1. The van der Waals surface area contributed by atoms with Gasteiger partial charge in [0.05, 0.1) is 31.1 Å². The molecular formula is C21H28N4O2. The van der Waals surface area contributed by atoms with E-state index in [1.54, 1.807) is 7.11 Å². The maximum Gasteiger partial charge on any atom is 0.240 e. The third-order valence-electron chi connectivity index (χ3n) is 5.81. The highest BCUT2D eigenvalue weighted by atomic mass is 16.5. The quantitative estimate of drug-likeness (QED) is 0.905. The number of aromatic amines is 1. The van der Waals surface area contributed by atoms with E-state index >= 15 is 0 Å². The first-order valence-electron chi connectivity index (χ1n) is 9.87. The number of aromatic nitrogens is 2. The van der Waals surface area contributed by atoms with Crippen LogP contribution in [0.2, 0.25) is 0 Å². The lowest BCUT2D eigenvalue weighted by Gasteiger charge is -2.33. The lowest BCUT2D eigenvalue weighted by atomic mass is 10.1. The first-order valence-corrected chi connectivity index (χ1v) is 9.87. The standard InChI is InChI=1S/C21H28N4O2/c1-24-12-5-3-4-6-19(24)21(26)25-13-11-17-18(14-25)23-20(22-17)15-7-9-16(27-2)10-8-15/h7-10,19H,3-6,11-14H2,1-2H3,(H,22,23)/t19-/m1/s1. The first-order chi connectivity index (χ1) is 13.2. The average molecular weight is 368 g/mol. The van der Waals surface area contributed by atoms with Crippen LogP contribution in [0, 0.1) is 0 Å². The molecule has 1 amide bonds. The molecule has 0 aliphatic carbocycles. The van der Waals surface area contributed by atoms with Crippen LogP contribution in [0.5, 0.6) is 5.75 Å². The van der Waals surface area contributed by atoms with Crippen molar-refractivity contribution in [2.45, 2.75) is 44.7 Å². The van der Waals surface area contributed by atoms with Gasteiger partial charge in [0, 0.05) is 18.5 Å². The summed E-state index contributed by atoms with van der Waals surface area (Å²) in [4.78, 5) is 25.6. The molecule has 1 atom stereocenters. The van der Waals surface area contributed by atoms with Crippen LogP contribution in [0.15, 0.2) is 24.3 Å². The predicted octanol–water partition coefficient (Wildman–Crippen LogP) is 2.84. The van der Waals surface area contributed by atoms with Gasteiger partial charge in [0.1, 0.15) is 11.6 Å². The van der Waals surface area contributed by atoms with Gasteiger partial charge in [-0.05, 0) is 50.7 Å². The Kier molecular flexibility index (Phi) is 5.16. The van der Waals surface area contributed by atoms with E-state index in [0.29, 0.717) is 6.54 Å². The van der Waals surface area contributed by atoms with Crippen molar-refractivity contribution in [2.75, 3.05) is 27.2 Å². The maximum absolute atomic E-state index is 13.1. The fourth-order valence-corrected chi connectivity index (χ4v) is 4.14. The van der Waals surface area contributed by atoms with E-state index in [4.69, 9.17) is 9.72 Å². The van der Waals surface area contributed by atoms with Crippen molar-refractivity contribution in [1.82, 2.24) is 19.8 Å². The molecule has 1 aromatic carbocycles. The lowest BCUT2D eigenvalue weighted by molar-refractivity contribution is -0.137. The molecule has 144 valence electrons. The van der Waals surface area contributed by atoms with Gasteiger partial charge in [0.2, 0.25) is 5.91 Å². The first kappa shape index (κ1) is 18.0. The third kappa shape index (κ3) is 3.72. The Hall–Kier alpha value is -2.34. The summed E-state index contributed by atoms with van der Waals surface area (Å²) in [5, 5.41) is 0. The zero-order chi connectivity index (χ0) is 18.8. The third-order valence-corrected chi connectivity index (χ3v) is 5.81. The summed E-state index contributed by atoms with van der Waals surface area (Å²) in [5.41, 5.74) is 3.18. The lowest BCUT2D eigenvalue weighted by Crippen LogP contribution is -2.48. The Labute approximate surface area is 160 Å². The van der Waals surface area contributed by atoms with E-state index in [-0.39, 0.29) is 11.9 Å². The summed E-state index contributed by atoms with van der Waals surface area (Å²) in [5.74, 6) is 1.97. The number of hydrogen-bond donors (Lipinski definition) is 1. The number of benzene rings is 1. The van der Waals surface area contributed by atoms with E-state index in [1.165, 1.54) is 12.8 Å². The van der Waals surface area contributed by atoms with Crippen LogP contribution in [-0.2, 0) is 17.8 Å². The molecule has 1 saturated heterocycles. The number of carbonyl (C=O) groups excluding carboxylic acids is 1. The summed E-state index contributed by atoms with van der Waals surface area (Å²) in [6.45, 7) is 2.39. The molecule has 0 unspecified atom stereocenters. The van der Waals surface area contributed by atoms with Crippen LogP contribution in [0.4, 0.5) is 0 Å². The molecule has 1 N–H and O–H groups in total. The van der Waals surface area contributed by atoms with Gasteiger partial charge in [-0.25, -0.2) is 4.98 Å². The van der Waals surface area contributed by atoms with E-state index in [0.717, 1.165) is 60.9 Å². The van der Waals surface area contributed by atoms with Gasteiger partial charge >= 0.3 is 0 Å². The number of ether oxygens (including phenoxy) is 1. The number of nitrogens with one attached hydrogen (secondary N) is 1. The molecule has 0 spiro atoms. The Balaban J connectivity index is 1.49. The highest BCUT2D eigenvalue weighted by molar-refractivity contribution is 5.82. The minimum absolute atomic E-state index is 0.0260. The van der Waals surface area contributed by atoms with Crippen molar-refractivity contribution < 1.29 is 9.53 Å². The van der Waals surface area contributed by atoms with Gasteiger partial charge in [-0.15, -0.1) is 0 Å². The van der Waals surface area contributed by atoms with Crippen LogP contribution in [0.25, 0.3) is 11.4 Å². The molecule has 2 aliphatic heterocycles. The Morgan fingerprint density at radius 1 is 1.19 bits per heavy atom. The van der Waals surface area contributed by atoms with Crippen molar-refractivity contribution in [3.05, 3.63) is 35.7 Å². The fraction of sp³-hybridized carbons (Fsp3) is 0.524. The summed E-state index contributed by atoms with van der Waals surface area (Å²) in [6, 6.07) is 7.92. The van der Waals surface area contributed by atoms with E-state index < -0.39 is 0 Å². The minimum atomic E-state index is 0.0260. The minimum Gasteiger partial charge on any atom is -0.497 e. The number of hydrogen-bond acceptors (Lipinski definition) is 4. The molecule has 0 saturated carbocycles. The molecule has 27 heavy (non-hydrogen) atoms. The summed E-state index contributed by atoms with van der Waals surface area (Å²) >= 11 is 0. The van der Waals surface area contributed by atoms with Crippen LogP contribution in [0.3, 0.4) is 0 Å². The molecule has 3 heterocycles. The van der Waals surface area contributed by atoms with Crippen molar-refractivity contribution >= 4 is 5.91 Å². The highest BCUT2D eigenvalue weighted by Crippen LogP contribution is 2.26. The molecule has 4 rings (SSSR count). The number of rotatable bonds is 3. The van der Waals surface area contributed by atoms with Gasteiger partial charge in [-0.2, -0.15) is 0 Å². The zero-order valence-corrected chi connectivity index (χ0v) is 16.2. The molecule has 1 fully saturated rings. The molecule has 6 nitrogen and oxygen atoms in total. The highest BCUT2D eigenvalue weighted by Gasteiger charge is 2.31. The largest absolute Gasteiger partial charge is 0.497 e. The second-order valence-corrected chi connectivity index (χ2v) is 7.59. The predicted molar refractivity (Wildman–Crippen MR) is 105 cm³/mol. The Bertz CT molecular complexity index is 799. The Morgan fingerprint density at radius 3 is 2.78 bits per heavy atom. The normalized spacial score (nSPS) is 20.8. The topological polar surface area (TPSA) is 61.5 Å². The van der Waals surface area contributed by atoms with E-state index in [1.807, 2.05) is 29.2 Å². The van der Waals surface area contributed by atoms with Gasteiger partial charge < -0.3 is 14.6 Å². The Morgan fingerprint density at radius 2 is 2.00 bits per heavy atom. The second-order valence-electron chi connectivity index (χ2n) is 7.59. The number of nitrogens with zero attached hydrogens (tertiary/aromatic N) is 3. The number of carbonyl (C=O) groups is 1. The second kappa shape index (κ2) is 7.72. The van der Waals surface area contributed by atoms with E-state index in [2.05, 4.69) is 16.9 Å². The molecular weight excluding hydrogens is 340 g/mol.